The molecule has 0 saturated carbocycles. The summed E-state index contributed by atoms with van der Waals surface area (Å²) in [6, 6.07) is 4.09. The Morgan fingerprint density at radius 1 is 1.37 bits per heavy atom. The Balaban J connectivity index is 1.42. The van der Waals surface area contributed by atoms with Gasteiger partial charge < -0.3 is 15.2 Å². The Kier molecular flexibility index (Phi) is 5.38. The third-order valence-electron chi connectivity index (χ3n) is 5.00. The van der Waals surface area contributed by atoms with Gasteiger partial charge in [-0.25, -0.2) is 4.98 Å². The minimum absolute atomic E-state index is 0.0671. The maximum atomic E-state index is 12.7. The second-order valence-corrected chi connectivity index (χ2v) is 8.71. The first-order valence-electron chi connectivity index (χ1n) is 9.30. The van der Waals surface area contributed by atoms with Crippen LogP contribution in [0, 0.1) is 0 Å². The first-order valence-corrected chi connectivity index (χ1v) is 11.1. The molecule has 3 N–H and O–H groups in total. The average molecular weight is 404 g/mol. The van der Waals surface area contributed by atoms with Crippen molar-refractivity contribution in [2.75, 3.05) is 19.6 Å². The number of aromatic nitrogens is 2. The Hall–Kier alpha value is -2.03. The van der Waals surface area contributed by atoms with Crippen molar-refractivity contribution in [3.8, 4) is 10.4 Å². The van der Waals surface area contributed by atoms with Gasteiger partial charge in [0.05, 0.1) is 11.9 Å². The molecule has 3 aromatic rings. The van der Waals surface area contributed by atoms with Crippen LogP contribution in [0.15, 0.2) is 27.7 Å². The van der Waals surface area contributed by atoms with Crippen LogP contribution in [-0.4, -0.2) is 40.4 Å². The summed E-state index contributed by atoms with van der Waals surface area (Å²) in [4.78, 5) is 35.8. The molecule has 1 fully saturated rings. The second-order valence-electron chi connectivity index (χ2n) is 6.91. The van der Waals surface area contributed by atoms with Crippen molar-refractivity contribution in [3.05, 3.63) is 39.1 Å². The van der Waals surface area contributed by atoms with Gasteiger partial charge in [-0.15, -0.1) is 22.7 Å². The number of hydrogen-bond donors (Lipinski definition) is 2. The molecule has 0 aromatic carbocycles. The van der Waals surface area contributed by atoms with Gasteiger partial charge in [-0.1, -0.05) is 6.07 Å². The number of carbonyl (C=O) groups excluding carboxylic acids is 1. The molecule has 3 aromatic heterocycles. The van der Waals surface area contributed by atoms with Crippen molar-refractivity contribution in [1.82, 2.24) is 14.9 Å². The fourth-order valence-electron chi connectivity index (χ4n) is 3.50. The molecular formula is C19H23N4O2S2+. The standard InChI is InChI=1S/C19H22N4O2S2/c1-12(20-7-4-9-23-8-2-6-15(23)24)17-21-18(25)16-13(11-27-19(16)22-17)14-5-3-10-26-14/h3,5,10-12,20H,2,4,6-9H2,1H3,(H,21,22,25)/p+1/t12-/m1/s1. The van der Waals surface area contributed by atoms with Gasteiger partial charge in [0, 0.05) is 41.8 Å². The number of quaternary nitrogens is 1. The zero-order chi connectivity index (χ0) is 18.8. The lowest BCUT2D eigenvalue weighted by Crippen LogP contribution is -2.85. The van der Waals surface area contributed by atoms with E-state index in [9.17, 15) is 9.59 Å². The molecule has 1 amide bonds. The molecule has 4 heterocycles. The van der Waals surface area contributed by atoms with E-state index in [2.05, 4.69) is 17.2 Å². The molecule has 1 atom stereocenters. The molecule has 8 heteroatoms. The van der Waals surface area contributed by atoms with E-state index in [1.165, 1.54) is 11.3 Å². The van der Waals surface area contributed by atoms with Gasteiger partial charge in [-0.3, -0.25) is 9.59 Å². The number of nitrogens with two attached hydrogens (primary N) is 1. The molecule has 4 rings (SSSR count). The topological polar surface area (TPSA) is 82.7 Å². The van der Waals surface area contributed by atoms with Crippen LogP contribution >= 0.6 is 22.7 Å². The van der Waals surface area contributed by atoms with E-state index in [-0.39, 0.29) is 17.5 Å². The highest BCUT2D eigenvalue weighted by Gasteiger charge is 2.20. The Bertz CT molecular complexity index is 993. The monoisotopic (exact) mass is 403 g/mol. The van der Waals surface area contributed by atoms with Crippen LogP contribution in [0.4, 0.5) is 0 Å². The van der Waals surface area contributed by atoms with E-state index >= 15 is 0 Å². The lowest BCUT2D eigenvalue weighted by atomic mass is 10.2. The minimum atomic E-state index is -0.0671. The fourth-order valence-corrected chi connectivity index (χ4v) is 5.27. The first-order chi connectivity index (χ1) is 13.1. The average Bonchev–Trinajstić information content (AvgIpc) is 3.39. The minimum Gasteiger partial charge on any atom is -0.342 e. The molecule has 0 unspecified atom stereocenters. The van der Waals surface area contributed by atoms with Gasteiger partial charge in [0.1, 0.15) is 10.9 Å². The van der Waals surface area contributed by atoms with Gasteiger partial charge in [-0.2, -0.15) is 0 Å². The molecule has 6 nitrogen and oxygen atoms in total. The Labute approximate surface area is 165 Å². The smallest absolute Gasteiger partial charge is 0.260 e. The molecule has 1 aliphatic rings. The number of carbonyl (C=O) groups is 1. The van der Waals surface area contributed by atoms with Crippen molar-refractivity contribution < 1.29 is 10.1 Å². The van der Waals surface area contributed by atoms with Crippen molar-refractivity contribution in [1.29, 1.82) is 0 Å². The van der Waals surface area contributed by atoms with Crippen molar-refractivity contribution in [2.24, 2.45) is 0 Å². The predicted molar refractivity (Wildman–Crippen MR) is 109 cm³/mol. The van der Waals surface area contributed by atoms with E-state index in [4.69, 9.17) is 4.98 Å². The largest absolute Gasteiger partial charge is 0.342 e. The number of likely N-dealkylation sites (tertiary alicyclic amines) is 1. The number of H-pyrrole nitrogens is 1. The van der Waals surface area contributed by atoms with Crippen LogP contribution in [0.2, 0.25) is 0 Å². The molecule has 0 bridgehead atoms. The van der Waals surface area contributed by atoms with E-state index in [1.54, 1.807) is 11.3 Å². The molecule has 1 aliphatic heterocycles. The summed E-state index contributed by atoms with van der Waals surface area (Å²) in [5, 5.41) is 6.90. The van der Waals surface area contributed by atoms with Crippen molar-refractivity contribution >= 4 is 38.8 Å². The van der Waals surface area contributed by atoms with Gasteiger partial charge >= 0.3 is 0 Å². The van der Waals surface area contributed by atoms with Crippen molar-refractivity contribution in [2.45, 2.75) is 32.2 Å². The van der Waals surface area contributed by atoms with E-state index < -0.39 is 0 Å². The third-order valence-corrected chi connectivity index (χ3v) is 6.78. The van der Waals surface area contributed by atoms with E-state index in [0.717, 1.165) is 47.7 Å². The molecule has 0 spiro atoms. The van der Waals surface area contributed by atoms with E-state index in [0.29, 0.717) is 17.6 Å². The quantitative estimate of drug-likeness (QED) is 0.594. The predicted octanol–water partition coefficient (Wildman–Crippen LogP) is 2.35. The summed E-state index contributed by atoms with van der Waals surface area (Å²) in [5.74, 6) is 0.989. The van der Waals surface area contributed by atoms with Crippen LogP contribution < -0.4 is 10.9 Å². The molecule has 1 saturated heterocycles. The summed E-state index contributed by atoms with van der Waals surface area (Å²) in [6.45, 7) is 4.67. The lowest BCUT2D eigenvalue weighted by Gasteiger charge is -2.15. The molecule has 142 valence electrons. The normalized spacial score (nSPS) is 15.7. The van der Waals surface area contributed by atoms with Crippen molar-refractivity contribution in [3.63, 3.8) is 0 Å². The maximum Gasteiger partial charge on any atom is 0.260 e. The fraction of sp³-hybridized carbons (Fsp3) is 0.421. The SMILES string of the molecule is C[C@@H]([NH2+]CCCN1CCCC1=O)c1nc2scc(-c3cccs3)c2c(=O)[nH]1. The highest BCUT2D eigenvalue weighted by Crippen LogP contribution is 2.33. The van der Waals surface area contributed by atoms with Crippen LogP contribution in [0.3, 0.4) is 0 Å². The number of hydrogen-bond acceptors (Lipinski definition) is 5. The summed E-state index contributed by atoms with van der Waals surface area (Å²) >= 11 is 3.15. The number of aromatic amines is 1. The van der Waals surface area contributed by atoms with Gasteiger partial charge in [0.2, 0.25) is 5.91 Å². The summed E-state index contributed by atoms with van der Waals surface area (Å²) in [7, 11) is 0. The Morgan fingerprint density at radius 2 is 2.26 bits per heavy atom. The number of fused-ring (bicyclic) bond motifs is 1. The van der Waals surface area contributed by atoms with Crippen LogP contribution in [0.1, 0.15) is 38.1 Å². The third kappa shape index (κ3) is 3.83. The molecule has 27 heavy (non-hydrogen) atoms. The summed E-state index contributed by atoms with van der Waals surface area (Å²) in [5.41, 5.74) is 0.903. The maximum absolute atomic E-state index is 12.7. The molecule has 0 aliphatic carbocycles. The van der Waals surface area contributed by atoms with Gasteiger partial charge in [-0.05, 0) is 24.8 Å². The highest BCUT2D eigenvalue weighted by molar-refractivity contribution is 7.18. The number of rotatable bonds is 7. The number of nitrogens with zero attached hydrogens (tertiary/aromatic N) is 2. The van der Waals surface area contributed by atoms with Crippen LogP contribution in [-0.2, 0) is 4.79 Å². The summed E-state index contributed by atoms with van der Waals surface area (Å²) in [6.07, 6.45) is 2.63. The number of amides is 1. The number of nitrogens with one attached hydrogen (secondary N) is 1. The zero-order valence-electron chi connectivity index (χ0n) is 15.2. The zero-order valence-corrected chi connectivity index (χ0v) is 16.9. The molecule has 0 radical (unpaired) electrons. The van der Waals surface area contributed by atoms with Gasteiger partial charge in [0.15, 0.2) is 5.82 Å². The first kappa shape index (κ1) is 18.3. The van der Waals surface area contributed by atoms with Crippen LogP contribution in [0.25, 0.3) is 20.7 Å². The van der Waals surface area contributed by atoms with Gasteiger partial charge in [0.25, 0.3) is 5.56 Å². The number of thiophene rings is 2. The summed E-state index contributed by atoms with van der Waals surface area (Å²) < 4.78 is 0. The second kappa shape index (κ2) is 7.92. The van der Waals surface area contributed by atoms with Crippen LogP contribution in [0.5, 0.6) is 0 Å². The Morgan fingerprint density at radius 3 is 3.00 bits per heavy atom. The highest BCUT2D eigenvalue weighted by atomic mass is 32.1. The molecular weight excluding hydrogens is 380 g/mol. The van der Waals surface area contributed by atoms with E-state index in [1.807, 2.05) is 27.8 Å². The lowest BCUT2D eigenvalue weighted by molar-refractivity contribution is -0.694.